The highest BCUT2D eigenvalue weighted by Gasteiger charge is 2.41. The molecule has 0 radical (unpaired) electrons. The third-order valence-electron chi connectivity index (χ3n) is 6.16. The van der Waals surface area contributed by atoms with Gasteiger partial charge in [-0.1, -0.05) is 29.3 Å². The molecule has 5 rings (SSSR count). The van der Waals surface area contributed by atoms with E-state index in [-0.39, 0.29) is 30.2 Å². The number of nitrogens with zero attached hydrogens (tertiary/aromatic N) is 3. The molecular weight excluding hydrogens is 532 g/mol. The number of halogens is 3. The van der Waals surface area contributed by atoms with E-state index in [9.17, 15) is 9.18 Å². The summed E-state index contributed by atoms with van der Waals surface area (Å²) >= 11 is 18.4. The number of anilines is 1. The van der Waals surface area contributed by atoms with Crippen molar-refractivity contribution in [1.82, 2.24) is 19.8 Å². The van der Waals surface area contributed by atoms with E-state index in [4.69, 9.17) is 35.4 Å². The van der Waals surface area contributed by atoms with Crippen molar-refractivity contribution < 1.29 is 9.18 Å². The number of carbonyl (C=O) groups is 1. The first-order valence-corrected chi connectivity index (χ1v) is 12.7. The second-order valence-electron chi connectivity index (χ2n) is 8.52. The summed E-state index contributed by atoms with van der Waals surface area (Å²) in [4.78, 5) is 19.3. The summed E-state index contributed by atoms with van der Waals surface area (Å²) in [5.41, 5.74) is 3.05. The Morgan fingerprint density at radius 3 is 2.62 bits per heavy atom. The number of hydrogen-bond acceptors (Lipinski definition) is 3. The first kappa shape index (κ1) is 25.2. The van der Waals surface area contributed by atoms with Crippen molar-refractivity contribution >= 4 is 52.1 Å². The van der Waals surface area contributed by atoms with Crippen molar-refractivity contribution in [2.45, 2.75) is 18.5 Å². The molecule has 1 aliphatic rings. The Morgan fingerprint density at radius 2 is 1.89 bits per heavy atom. The lowest BCUT2D eigenvalue weighted by Gasteiger charge is -2.29. The molecule has 0 spiro atoms. The van der Waals surface area contributed by atoms with Crippen LogP contribution in [0.4, 0.5) is 10.1 Å². The van der Waals surface area contributed by atoms with Crippen LogP contribution in [0.25, 0.3) is 5.69 Å². The number of aromatic nitrogens is 2. The van der Waals surface area contributed by atoms with Crippen LogP contribution >= 0.6 is 35.4 Å². The normalized spacial score (nSPS) is 17.1. The highest BCUT2D eigenvalue weighted by atomic mass is 35.5. The zero-order chi connectivity index (χ0) is 25.9. The number of amides is 1. The summed E-state index contributed by atoms with van der Waals surface area (Å²) in [6.07, 6.45) is 3.85. The SMILES string of the molecule is O=C(CCN1C(=S)N[C@@H](c2ccccn2)[C@@H]1c1cccn1-c1ccc(Cl)cc1Cl)Nc1ccc(F)cc1. The van der Waals surface area contributed by atoms with E-state index >= 15 is 0 Å². The second kappa shape index (κ2) is 10.9. The minimum absolute atomic E-state index is 0.174. The molecule has 2 aromatic heterocycles. The molecule has 37 heavy (non-hydrogen) atoms. The van der Waals surface area contributed by atoms with E-state index in [1.807, 2.05) is 52.1 Å². The van der Waals surface area contributed by atoms with Crippen LogP contribution in [0.1, 0.15) is 29.9 Å². The van der Waals surface area contributed by atoms with Crippen LogP contribution in [0, 0.1) is 5.82 Å². The molecule has 1 fully saturated rings. The Balaban J connectivity index is 1.45. The Morgan fingerprint density at radius 1 is 1.08 bits per heavy atom. The summed E-state index contributed by atoms with van der Waals surface area (Å²) < 4.78 is 15.2. The van der Waals surface area contributed by atoms with Gasteiger partial charge in [-0.3, -0.25) is 9.78 Å². The van der Waals surface area contributed by atoms with E-state index < -0.39 is 0 Å². The van der Waals surface area contributed by atoms with Crippen LogP contribution in [0.3, 0.4) is 0 Å². The van der Waals surface area contributed by atoms with Crippen LogP contribution < -0.4 is 10.6 Å². The Labute approximate surface area is 229 Å². The number of rotatable bonds is 7. The number of hydrogen-bond donors (Lipinski definition) is 2. The molecule has 0 unspecified atom stereocenters. The minimum atomic E-state index is -0.362. The van der Waals surface area contributed by atoms with Gasteiger partial charge in [-0.2, -0.15) is 0 Å². The van der Waals surface area contributed by atoms with E-state index in [0.29, 0.717) is 27.4 Å². The molecule has 1 aliphatic heterocycles. The fraction of sp³-hybridized carbons (Fsp3) is 0.148. The molecule has 4 aromatic rings. The summed E-state index contributed by atoms with van der Waals surface area (Å²) in [6, 6.07) is 20.2. The second-order valence-corrected chi connectivity index (χ2v) is 9.75. The molecule has 0 bridgehead atoms. The summed E-state index contributed by atoms with van der Waals surface area (Å²) in [5, 5.41) is 7.78. The molecule has 10 heteroatoms. The lowest BCUT2D eigenvalue weighted by atomic mass is 10.0. The third kappa shape index (κ3) is 5.46. The lowest BCUT2D eigenvalue weighted by molar-refractivity contribution is -0.116. The average Bonchev–Trinajstić information content (AvgIpc) is 3.48. The molecule has 3 heterocycles. The molecule has 1 amide bonds. The van der Waals surface area contributed by atoms with Crippen molar-refractivity contribution in [3.63, 3.8) is 0 Å². The number of nitrogens with one attached hydrogen (secondary N) is 2. The number of benzene rings is 2. The van der Waals surface area contributed by atoms with Gasteiger partial charge < -0.3 is 20.1 Å². The van der Waals surface area contributed by atoms with E-state index in [0.717, 1.165) is 17.1 Å². The smallest absolute Gasteiger partial charge is 0.226 e. The highest BCUT2D eigenvalue weighted by molar-refractivity contribution is 7.80. The van der Waals surface area contributed by atoms with Crippen LogP contribution in [0.15, 0.2) is 85.2 Å². The van der Waals surface area contributed by atoms with E-state index in [2.05, 4.69) is 15.6 Å². The van der Waals surface area contributed by atoms with Crippen molar-refractivity contribution in [2.75, 3.05) is 11.9 Å². The molecule has 6 nitrogen and oxygen atoms in total. The van der Waals surface area contributed by atoms with Crippen molar-refractivity contribution in [3.05, 3.63) is 112 Å². The zero-order valence-electron chi connectivity index (χ0n) is 19.4. The maximum absolute atomic E-state index is 13.2. The van der Waals surface area contributed by atoms with Gasteiger partial charge in [0.1, 0.15) is 5.82 Å². The van der Waals surface area contributed by atoms with Crippen molar-refractivity contribution in [2.24, 2.45) is 0 Å². The molecule has 2 aromatic carbocycles. The topological polar surface area (TPSA) is 62.2 Å². The number of thiocarbonyl (C=S) groups is 1. The maximum Gasteiger partial charge on any atom is 0.226 e. The van der Waals surface area contributed by atoms with Gasteiger partial charge >= 0.3 is 0 Å². The van der Waals surface area contributed by atoms with Gasteiger partial charge in [0.2, 0.25) is 5.91 Å². The third-order valence-corrected chi connectivity index (χ3v) is 7.05. The van der Waals surface area contributed by atoms with E-state index in [1.54, 1.807) is 18.3 Å². The van der Waals surface area contributed by atoms with Gasteiger partial charge in [0.25, 0.3) is 0 Å². The van der Waals surface area contributed by atoms with E-state index in [1.165, 1.54) is 24.3 Å². The van der Waals surface area contributed by atoms with Gasteiger partial charge in [0.05, 0.1) is 28.5 Å². The fourth-order valence-corrected chi connectivity index (χ4v) is 5.31. The average molecular weight is 554 g/mol. The van der Waals surface area contributed by atoms with Crippen LogP contribution in [-0.4, -0.2) is 32.0 Å². The van der Waals surface area contributed by atoms with Gasteiger partial charge in [-0.25, -0.2) is 4.39 Å². The van der Waals surface area contributed by atoms with Gasteiger partial charge in [-0.05, 0) is 78.9 Å². The molecule has 0 saturated carbocycles. The maximum atomic E-state index is 13.2. The van der Waals surface area contributed by atoms with Crippen molar-refractivity contribution in [1.29, 1.82) is 0 Å². The summed E-state index contributed by atoms with van der Waals surface area (Å²) in [7, 11) is 0. The Kier molecular flexibility index (Phi) is 7.41. The lowest BCUT2D eigenvalue weighted by Crippen LogP contribution is -2.33. The molecule has 188 valence electrons. The Bertz CT molecular complexity index is 1430. The standard InChI is InChI=1S/C27H22Cl2FN5OS/c28-17-6-11-22(20(29)16-17)34-14-3-5-23(34)26-25(21-4-1-2-13-31-21)33-27(37)35(26)15-12-24(36)32-19-9-7-18(30)8-10-19/h1-11,13-14,16,25-26H,12,15H2,(H,32,36)(H,33,37)/t25-,26-/m0/s1. The predicted octanol–water partition coefficient (Wildman–Crippen LogP) is 6.32. The molecular formula is C27H22Cl2FN5OS. The van der Waals surface area contributed by atoms with Crippen LogP contribution in [0.5, 0.6) is 0 Å². The van der Waals surface area contributed by atoms with Crippen molar-refractivity contribution in [3.8, 4) is 5.69 Å². The summed E-state index contributed by atoms with van der Waals surface area (Å²) in [6.45, 7) is 0.354. The van der Waals surface area contributed by atoms with Crippen LogP contribution in [0.2, 0.25) is 10.0 Å². The zero-order valence-corrected chi connectivity index (χ0v) is 21.8. The number of carbonyl (C=O) groups excluding carboxylic acids is 1. The Hall–Kier alpha value is -3.46. The van der Waals surface area contributed by atoms with Gasteiger partial charge in [0, 0.05) is 41.8 Å². The number of pyridine rings is 1. The predicted molar refractivity (Wildman–Crippen MR) is 148 cm³/mol. The molecule has 2 N–H and O–H groups in total. The van der Waals surface area contributed by atoms with Crippen LogP contribution in [-0.2, 0) is 4.79 Å². The first-order chi connectivity index (χ1) is 17.9. The monoisotopic (exact) mass is 553 g/mol. The minimum Gasteiger partial charge on any atom is -0.352 e. The quantitative estimate of drug-likeness (QED) is 0.262. The largest absolute Gasteiger partial charge is 0.352 e. The fourth-order valence-electron chi connectivity index (χ4n) is 4.48. The molecule has 2 atom stereocenters. The van der Waals surface area contributed by atoms with Gasteiger partial charge in [0.15, 0.2) is 5.11 Å². The molecule has 1 saturated heterocycles. The highest BCUT2D eigenvalue weighted by Crippen LogP contribution is 2.40. The van der Waals surface area contributed by atoms with Gasteiger partial charge in [-0.15, -0.1) is 0 Å². The molecule has 0 aliphatic carbocycles. The summed E-state index contributed by atoms with van der Waals surface area (Å²) in [5.74, 6) is -0.566. The first-order valence-electron chi connectivity index (χ1n) is 11.6.